The lowest BCUT2D eigenvalue weighted by molar-refractivity contribution is -0.113. The molecule has 1 aliphatic heterocycles. The lowest BCUT2D eigenvalue weighted by Crippen LogP contribution is -2.28. The first kappa shape index (κ1) is 23.2. The van der Waals surface area contributed by atoms with Gasteiger partial charge >= 0.3 is 0 Å². The number of hydrogen-bond acceptors (Lipinski definition) is 5. The second kappa shape index (κ2) is 9.51. The van der Waals surface area contributed by atoms with Crippen LogP contribution in [0, 0.1) is 13.8 Å². The summed E-state index contributed by atoms with van der Waals surface area (Å²) in [5, 5.41) is 11.5. The van der Waals surface area contributed by atoms with Crippen molar-refractivity contribution in [3.05, 3.63) is 86.2 Å². The minimum atomic E-state index is -0.232. The number of amidine groups is 1. The molecule has 0 spiro atoms. The standard InChI is InChI=1S/C25H20Cl2N2O3S/c1-14-4-7-17(12-19(14)26)28-25-29(18-8-5-15(2)20(27)13-18)24(31)23(33-25)11-16-6-9-21(30)22(10-16)32-3/h4-13,30H,1-3H3/b23-11+,28-25?. The summed E-state index contributed by atoms with van der Waals surface area (Å²) in [6, 6.07) is 15.9. The fraction of sp³-hybridized carbons (Fsp3) is 0.120. The Labute approximate surface area is 206 Å². The molecule has 0 unspecified atom stereocenters. The number of aliphatic imine (C=N–C) groups is 1. The Kier molecular flexibility index (Phi) is 6.70. The molecule has 33 heavy (non-hydrogen) atoms. The van der Waals surface area contributed by atoms with Crippen LogP contribution in [0.3, 0.4) is 0 Å². The highest BCUT2D eigenvalue weighted by atomic mass is 35.5. The van der Waals surface area contributed by atoms with Gasteiger partial charge in [0.25, 0.3) is 5.91 Å². The van der Waals surface area contributed by atoms with Crippen LogP contribution in [-0.4, -0.2) is 23.3 Å². The zero-order valence-corrected chi connectivity index (χ0v) is 20.4. The van der Waals surface area contributed by atoms with Gasteiger partial charge in [0.2, 0.25) is 0 Å². The van der Waals surface area contributed by atoms with Crippen molar-refractivity contribution < 1.29 is 14.6 Å². The number of thioether (sulfide) groups is 1. The van der Waals surface area contributed by atoms with Crippen molar-refractivity contribution in [2.24, 2.45) is 4.99 Å². The van der Waals surface area contributed by atoms with Gasteiger partial charge < -0.3 is 9.84 Å². The number of aromatic hydroxyl groups is 1. The van der Waals surface area contributed by atoms with Crippen LogP contribution in [0.25, 0.3) is 6.08 Å². The molecule has 0 radical (unpaired) electrons. The Bertz CT molecular complexity index is 1320. The molecule has 3 aromatic carbocycles. The van der Waals surface area contributed by atoms with Crippen LogP contribution in [0.4, 0.5) is 11.4 Å². The second-order valence-electron chi connectivity index (χ2n) is 7.44. The molecule has 8 heteroatoms. The topological polar surface area (TPSA) is 62.1 Å². The number of hydrogen-bond donors (Lipinski definition) is 1. The van der Waals surface area contributed by atoms with Gasteiger partial charge in [-0.15, -0.1) is 0 Å². The summed E-state index contributed by atoms with van der Waals surface area (Å²) in [5.41, 5.74) is 3.82. The average Bonchev–Trinajstić information content (AvgIpc) is 3.08. The van der Waals surface area contributed by atoms with Gasteiger partial charge in [0.15, 0.2) is 16.7 Å². The third kappa shape index (κ3) is 4.88. The number of phenolic OH excluding ortho intramolecular Hbond substituents is 1. The van der Waals surface area contributed by atoms with Gasteiger partial charge in [-0.1, -0.05) is 41.4 Å². The maximum atomic E-state index is 13.5. The first-order valence-electron chi connectivity index (χ1n) is 9.99. The minimum Gasteiger partial charge on any atom is -0.504 e. The van der Waals surface area contributed by atoms with Gasteiger partial charge in [0, 0.05) is 10.0 Å². The Balaban J connectivity index is 1.80. The van der Waals surface area contributed by atoms with E-state index in [0.29, 0.717) is 42.8 Å². The number of carbonyl (C=O) groups excluding carboxylic acids is 1. The molecule has 1 heterocycles. The third-order valence-electron chi connectivity index (χ3n) is 5.10. The molecule has 1 fully saturated rings. The van der Waals surface area contributed by atoms with Gasteiger partial charge in [0.05, 0.1) is 23.4 Å². The van der Waals surface area contributed by atoms with E-state index in [1.807, 2.05) is 38.1 Å². The van der Waals surface area contributed by atoms with E-state index in [0.717, 1.165) is 11.1 Å². The third-order valence-corrected chi connectivity index (χ3v) is 6.88. The minimum absolute atomic E-state index is 0.0273. The average molecular weight is 499 g/mol. The molecule has 0 atom stereocenters. The van der Waals surface area contributed by atoms with E-state index in [9.17, 15) is 9.90 Å². The van der Waals surface area contributed by atoms with E-state index < -0.39 is 0 Å². The van der Waals surface area contributed by atoms with Crippen molar-refractivity contribution in [2.75, 3.05) is 12.0 Å². The van der Waals surface area contributed by atoms with Gasteiger partial charge in [-0.2, -0.15) is 0 Å². The normalized spacial score (nSPS) is 16.2. The molecule has 0 aliphatic carbocycles. The van der Waals surface area contributed by atoms with Crippen LogP contribution in [0.1, 0.15) is 16.7 Å². The molecule has 0 bridgehead atoms. The lowest BCUT2D eigenvalue weighted by atomic mass is 10.1. The fourth-order valence-corrected chi connectivity index (χ4v) is 4.54. The fourth-order valence-electron chi connectivity index (χ4n) is 3.19. The number of methoxy groups -OCH3 is 1. The number of phenols is 1. The van der Waals surface area contributed by atoms with Crippen LogP contribution in [-0.2, 0) is 4.79 Å². The predicted molar refractivity (Wildman–Crippen MR) is 137 cm³/mol. The number of halogens is 2. The molecule has 3 aromatic rings. The summed E-state index contributed by atoms with van der Waals surface area (Å²) in [6.07, 6.45) is 1.74. The van der Waals surface area contributed by atoms with Crippen LogP contribution < -0.4 is 9.64 Å². The van der Waals surface area contributed by atoms with Crippen molar-refractivity contribution in [1.29, 1.82) is 0 Å². The number of anilines is 1. The van der Waals surface area contributed by atoms with Crippen molar-refractivity contribution in [3.63, 3.8) is 0 Å². The monoisotopic (exact) mass is 498 g/mol. The van der Waals surface area contributed by atoms with E-state index >= 15 is 0 Å². The predicted octanol–water partition coefficient (Wildman–Crippen LogP) is 7.13. The van der Waals surface area contributed by atoms with Crippen molar-refractivity contribution in [3.8, 4) is 11.5 Å². The van der Waals surface area contributed by atoms with Gasteiger partial charge in [0.1, 0.15) is 0 Å². The SMILES string of the molecule is COc1cc(/C=C2/SC(=Nc3ccc(C)c(Cl)c3)N(c3ccc(C)c(Cl)c3)C2=O)ccc1O. The molecule has 1 saturated heterocycles. The number of aryl methyl sites for hydroxylation is 2. The van der Waals surface area contributed by atoms with Gasteiger partial charge in [-0.25, -0.2) is 4.99 Å². The van der Waals surface area contributed by atoms with Crippen LogP contribution >= 0.6 is 35.0 Å². The molecule has 1 aliphatic rings. The highest BCUT2D eigenvalue weighted by molar-refractivity contribution is 8.19. The molecule has 0 aromatic heterocycles. The largest absolute Gasteiger partial charge is 0.504 e. The molecule has 1 N–H and O–H groups in total. The summed E-state index contributed by atoms with van der Waals surface area (Å²) in [5.74, 6) is 0.119. The van der Waals surface area contributed by atoms with Crippen LogP contribution in [0.5, 0.6) is 11.5 Å². The first-order valence-corrected chi connectivity index (χ1v) is 11.6. The number of amides is 1. The Morgan fingerprint density at radius 2 is 1.70 bits per heavy atom. The maximum Gasteiger partial charge on any atom is 0.271 e. The van der Waals surface area contributed by atoms with Crippen molar-refractivity contribution in [1.82, 2.24) is 0 Å². The van der Waals surface area contributed by atoms with Crippen molar-refractivity contribution in [2.45, 2.75) is 13.8 Å². The summed E-state index contributed by atoms with van der Waals surface area (Å²) < 4.78 is 5.18. The van der Waals surface area contributed by atoms with Gasteiger partial charge in [-0.05, 0) is 84.8 Å². The lowest BCUT2D eigenvalue weighted by Gasteiger charge is -2.16. The highest BCUT2D eigenvalue weighted by Gasteiger charge is 2.35. The molecule has 168 valence electrons. The molecule has 5 nitrogen and oxygen atoms in total. The van der Waals surface area contributed by atoms with E-state index in [1.54, 1.807) is 30.3 Å². The number of rotatable bonds is 4. The Hall–Kier alpha value is -2.93. The van der Waals surface area contributed by atoms with Crippen LogP contribution in [0.15, 0.2) is 64.5 Å². The molecule has 1 amide bonds. The van der Waals surface area contributed by atoms with Gasteiger partial charge in [-0.3, -0.25) is 9.69 Å². The van der Waals surface area contributed by atoms with E-state index in [1.165, 1.54) is 29.8 Å². The number of carbonyl (C=O) groups is 1. The first-order chi connectivity index (χ1) is 15.8. The Morgan fingerprint density at radius 1 is 1.00 bits per heavy atom. The number of benzene rings is 3. The van der Waals surface area contributed by atoms with E-state index in [-0.39, 0.29) is 11.7 Å². The summed E-state index contributed by atoms with van der Waals surface area (Å²) in [6.45, 7) is 3.82. The molecule has 0 saturated carbocycles. The maximum absolute atomic E-state index is 13.5. The summed E-state index contributed by atoms with van der Waals surface area (Å²) in [7, 11) is 1.47. The number of ether oxygens (including phenoxy) is 1. The molecular formula is C25H20Cl2N2O3S. The molecule has 4 rings (SSSR count). The summed E-state index contributed by atoms with van der Waals surface area (Å²) >= 11 is 13.9. The smallest absolute Gasteiger partial charge is 0.271 e. The van der Waals surface area contributed by atoms with Crippen molar-refractivity contribution >= 4 is 63.5 Å². The molecular weight excluding hydrogens is 479 g/mol. The highest BCUT2D eigenvalue weighted by Crippen LogP contribution is 2.39. The van der Waals surface area contributed by atoms with Crippen LogP contribution in [0.2, 0.25) is 10.0 Å². The van der Waals surface area contributed by atoms with E-state index in [2.05, 4.69) is 0 Å². The van der Waals surface area contributed by atoms with E-state index in [4.69, 9.17) is 32.9 Å². The Morgan fingerprint density at radius 3 is 2.36 bits per heavy atom. The number of nitrogens with zero attached hydrogens (tertiary/aromatic N) is 2. The zero-order valence-electron chi connectivity index (χ0n) is 18.1. The second-order valence-corrected chi connectivity index (χ2v) is 9.27. The zero-order chi connectivity index (χ0) is 23.7. The quantitative estimate of drug-likeness (QED) is 0.388. The summed E-state index contributed by atoms with van der Waals surface area (Å²) in [4.78, 5) is 20.2.